The lowest BCUT2D eigenvalue weighted by molar-refractivity contribution is 0.0931. The molecule has 1 rings (SSSR count). The Labute approximate surface area is 107 Å². The van der Waals surface area contributed by atoms with Crippen LogP contribution in [0.3, 0.4) is 0 Å². The Morgan fingerprint density at radius 2 is 2.00 bits per heavy atom. The summed E-state index contributed by atoms with van der Waals surface area (Å²) < 4.78 is 0. The van der Waals surface area contributed by atoms with Gasteiger partial charge in [-0.2, -0.15) is 0 Å². The minimum Gasteiger partial charge on any atom is -0.391 e. The number of thiocarbonyl (C=S) groups is 1. The summed E-state index contributed by atoms with van der Waals surface area (Å²) >= 11 is 4.92. The predicted octanol–water partition coefficient (Wildman–Crippen LogP) is 2.04. The average molecular weight is 250 g/mol. The van der Waals surface area contributed by atoms with Crippen molar-refractivity contribution in [1.29, 1.82) is 0 Å². The molecule has 0 radical (unpaired) electrons. The summed E-state index contributed by atoms with van der Waals surface area (Å²) in [6, 6.07) is 7.53. The van der Waals surface area contributed by atoms with Crippen molar-refractivity contribution in [2.24, 2.45) is 5.73 Å². The number of rotatable bonds is 4. The standard InChI is InChI=1S/C13H18N2OS/c1-4-9-7-5-6-8-10(9)11(16)15-13(2,3)12(14)17/h5-8H,4H2,1-3H3,(H2,14,17)(H,15,16). The Bertz CT molecular complexity index is 441. The molecule has 3 N–H and O–H groups in total. The van der Waals surface area contributed by atoms with E-state index in [0.29, 0.717) is 5.56 Å². The second-order valence-electron chi connectivity index (χ2n) is 4.45. The highest BCUT2D eigenvalue weighted by Crippen LogP contribution is 2.11. The summed E-state index contributed by atoms with van der Waals surface area (Å²) in [5, 5.41) is 2.84. The molecule has 92 valence electrons. The topological polar surface area (TPSA) is 55.1 Å². The Morgan fingerprint density at radius 3 is 2.53 bits per heavy atom. The summed E-state index contributed by atoms with van der Waals surface area (Å²) in [5.74, 6) is -0.139. The van der Waals surface area contributed by atoms with Crippen molar-refractivity contribution in [3.63, 3.8) is 0 Å². The molecule has 0 fully saturated rings. The van der Waals surface area contributed by atoms with Crippen molar-refractivity contribution in [2.45, 2.75) is 32.7 Å². The number of hydrogen-bond acceptors (Lipinski definition) is 2. The van der Waals surface area contributed by atoms with Gasteiger partial charge in [-0.1, -0.05) is 37.3 Å². The first-order chi connectivity index (χ1) is 7.88. The van der Waals surface area contributed by atoms with E-state index in [9.17, 15) is 4.79 Å². The van der Waals surface area contributed by atoms with E-state index in [1.165, 1.54) is 0 Å². The molecular formula is C13H18N2OS. The summed E-state index contributed by atoms with van der Waals surface area (Å²) in [7, 11) is 0. The largest absolute Gasteiger partial charge is 0.391 e. The molecular weight excluding hydrogens is 232 g/mol. The molecule has 0 aliphatic heterocycles. The average Bonchev–Trinajstić information content (AvgIpc) is 2.28. The van der Waals surface area contributed by atoms with E-state index in [2.05, 4.69) is 5.32 Å². The van der Waals surface area contributed by atoms with Gasteiger partial charge in [0.25, 0.3) is 5.91 Å². The predicted molar refractivity (Wildman–Crippen MR) is 74.2 cm³/mol. The second-order valence-corrected chi connectivity index (χ2v) is 4.89. The summed E-state index contributed by atoms with van der Waals surface area (Å²) in [6.45, 7) is 5.61. The van der Waals surface area contributed by atoms with Gasteiger partial charge in [-0.15, -0.1) is 0 Å². The number of aryl methyl sites for hydroxylation is 1. The van der Waals surface area contributed by atoms with Crippen molar-refractivity contribution in [3.8, 4) is 0 Å². The Balaban J connectivity index is 2.94. The van der Waals surface area contributed by atoms with Crippen LogP contribution in [0.4, 0.5) is 0 Å². The van der Waals surface area contributed by atoms with Gasteiger partial charge in [-0.3, -0.25) is 4.79 Å². The van der Waals surface area contributed by atoms with Crippen LogP contribution in [-0.4, -0.2) is 16.4 Å². The maximum Gasteiger partial charge on any atom is 0.252 e. The summed E-state index contributed by atoms with van der Waals surface area (Å²) in [6.07, 6.45) is 0.817. The lowest BCUT2D eigenvalue weighted by atomic mass is 10.0. The van der Waals surface area contributed by atoms with E-state index in [1.807, 2.05) is 31.2 Å². The van der Waals surface area contributed by atoms with Gasteiger partial charge in [0.2, 0.25) is 0 Å². The number of carbonyl (C=O) groups is 1. The fourth-order valence-electron chi connectivity index (χ4n) is 1.46. The highest BCUT2D eigenvalue weighted by Gasteiger charge is 2.24. The molecule has 0 spiro atoms. The van der Waals surface area contributed by atoms with Crippen molar-refractivity contribution >= 4 is 23.1 Å². The minimum atomic E-state index is -0.673. The van der Waals surface area contributed by atoms with Crippen LogP contribution in [0.5, 0.6) is 0 Å². The molecule has 1 aromatic rings. The molecule has 0 bridgehead atoms. The van der Waals surface area contributed by atoms with Crippen molar-refractivity contribution in [2.75, 3.05) is 0 Å². The fraction of sp³-hybridized carbons (Fsp3) is 0.385. The third-order valence-electron chi connectivity index (χ3n) is 2.68. The second kappa shape index (κ2) is 5.27. The molecule has 0 aromatic heterocycles. The van der Waals surface area contributed by atoms with E-state index >= 15 is 0 Å². The molecule has 0 aliphatic rings. The normalized spacial score (nSPS) is 11.0. The van der Waals surface area contributed by atoms with Crippen LogP contribution in [0.25, 0.3) is 0 Å². The zero-order chi connectivity index (χ0) is 13.1. The van der Waals surface area contributed by atoms with E-state index < -0.39 is 5.54 Å². The smallest absolute Gasteiger partial charge is 0.252 e. The SMILES string of the molecule is CCc1ccccc1C(=O)NC(C)(C)C(N)=S. The Kier molecular flexibility index (Phi) is 4.23. The number of nitrogens with two attached hydrogens (primary N) is 1. The lowest BCUT2D eigenvalue weighted by Crippen LogP contribution is -2.52. The first kappa shape index (κ1) is 13.6. The Hall–Kier alpha value is -1.42. The van der Waals surface area contributed by atoms with Crippen LogP contribution in [0.2, 0.25) is 0 Å². The molecule has 0 aliphatic carbocycles. The number of amides is 1. The first-order valence-corrected chi connectivity index (χ1v) is 5.99. The third kappa shape index (κ3) is 3.27. The van der Waals surface area contributed by atoms with E-state index in [-0.39, 0.29) is 10.9 Å². The summed E-state index contributed by atoms with van der Waals surface area (Å²) in [5.41, 5.74) is 6.61. The van der Waals surface area contributed by atoms with E-state index in [1.54, 1.807) is 13.8 Å². The minimum absolute atomic E-state index is 0.139. The van der Waals surface area contributed by atoms with Crippen LogP contribution >= 0.6 is 12.2 Å². The Morgan fingerprint density at radius 1 is 1.41 bits per heavy atom. The molecule has 0 heterocycles. The van der Waals surface area contributed by atoms with Gasteiger partial charge in [0, 0.05) is 5.56 Å². The third-order valence-corrected chi connectivity index (χ3v) is 3.20. The van der Waals surface area contributed by atoms with Crippen molar-refractivity contribution in [1.82, 2.24) is 5.32 Å². The highest BCUT2D eigenvalue weighted by molar-refractivity contribution is 7.80. The maximum absolute atomic E-state index is 12.1. The van der Waals surface area contributed by atoms with E-state index in [4.69, 9.17) is 18.0 Å². The maximum atomic E-state index is 12.1. The van der Waals surface area contributed by atoms with Gasteiger partial charge in [0.05, 0.1) is 10.5 Å². The van der Waals surface area contributed by atoms with Crippen LogP contribution in [0.1, 0.15) is 36.7 Å². The van der Waals surface area contributed by atoms with Crippen LogP contribution < -0.4 is 11.1 Å². The molecule has 4 heteroatoms. The zero-order valence-corrected chi connectivity index (χ0v) is 11.2. The van der Waals surface area contributed by atoms with Crippen molar-refractivity contribution < 1.29 is 4.79 Å². The molecule has 0 saturated carbocycles. The van der Waals surface area contributed by atoms with Crippen molar-refractivity contribution in [3.05, 3.63) is 35.4 Å². The molecule has 1 aromatic carbocycles. The number of carbonyl (C=O) groups excluding carboxylic acids is 1. The van der Waals surface area contributed by atoms with Gasteiger partial charge >= 0.3 is 0 Å². The van der Waals surface area contributed by atoms with Gasteiger partial charge < -0.3 is 11.1 Å². The van der Waals surface area contributed by atoms with Crippen LogP contribution in [0, 0.1) is 0 Å². The molecule has 17 heavy (non-hydrogen) atoms. The molecule has 0 saturated heterocycles. The quantitative estimate of drug-likeness (QED) is 0.804. The molecule has 3 nitrogen and oxygen atoms in total. The molecule has 1 amide bonds. The lowest BCUT2D eigenvalue weighted by Gasteiger charge is -2.25. The molecule has 0 unspecified atom stereocenters. The van der Waals surface area contributed by atoms with Gasteiger partial charge in [-0.05, 0) is 31.9 Å². The zero-order valence-electron chi connectivity index (χ0n) is 10.4. The number of nitrogens with one attached hydrogen (secondary N) is 1. The van der Waals surface area contributed by atoms with Gasteiger partial charge in [0.15, 0.2) is 0 Å². The van der Waals surface area contributed by atoms with Crippen LogP contribution in [0.15, 0.2) is 24.3 Å². The number of benzene rings is 1. The van der Waals surface area contributed by atoms with Crippen LogP contribution in [-0.2, 0) is 6.42 Å². The monoisotopic (exact) mass is 250 g/mol. The van der Waals surface area contributed by atoms with E-state index in [0.717, 1.165) is 12.0 Å². The molecule has 0 atom stereocenters. The van der Waals surface area contributed by atoms with Gasteiger partial charge in [0.1, 0.15) is 0 Å². The summed E-state index contributed by atoms with van der Waals surface area (Å²) in [4.78, 5) is 12.4. The first-order valence-electron chi connectivity index (χ1n) is 5.58. The fourth-order valence-corrected chi connectivity index (χ4v) is 1.51. The number of hydrogen-bond donors (Lipinski definition) is 2. The highest BCUT2D eigenvalue weighted by atomic mass is 32.1. The van der Waals surface area contributed by atoms with Gasteiger partial charge in [-0.25, -0.2) is 0 Å².